The smallest absolute Gasteiger partial charge is 0.175 e. The summed E-state index contributed by atoms with van der Waals surface area (Å²) in [5, 5.41) is 18.4. The van der Waals surface area contributed by atoms with Crippen LogP contribution in [0.5, 0.6) is 0 Å². The molecule has 0 atom stereocenters. The lowest BCUT2D eigenvalue weighted by molar-refractivity contribution is 0.232. The van der Waals surface area contributed by atoms with E-state index in [1.807, 2.05) is 35.2 Å². The van der Waals surface area contributed by atoms with Gasteiger partial charge in [0.05, 0.1) is 18.4 Å². The van der Waals surface area contributed by atoms with Gasteiger partial charge in [-0.05, 0) is 12.1 Å². The van der Waals surface area contributed by atoms with Crippen molar-refractivity contribution in [3.8, 4) is 0 Å². The number of rotatable bonds is 5. The van der Waals surface area contributed by atoms with E-state index in [4.69, 9.17) is 9.73 Å². The molecule has 0 aromatic carbocycles. The Morgan fingerprint density at radius 2 is 2.21 bits per heavy atom. The van der Waals surface area contributed by atoms with Gasteiger partial charge in [0, 0.05) is 43.8 Å². The summed E-state index contributed by atoms with van der Waals surface area (Å²) >= 11 is 0. The molecule has 2 aliphatic rings. The highest BCUT2D eigenvalue weighted by atomic mass is 16.5. The Hall–Kier alpha value is -3.88. The van der Waals surface area contributed by atoms with Crippen molar-refractivity contribution in [1.82, 2.24) is 19.2 Å². The lowest BCUT2D eigenvalue weighted by Crippen LogP contribution is -2.20. The van der Waals surface area contributed by atoms with Crippen molar-refractivity contribution >= 4 is 28.4 Å². The third-order valence-electron chi connectivity index (χ3n) is 4.65. The van der Waals surface area contributed by atoms with Crippen LogP contribution in [0.1, 0.15) is 0 Å². The summed E-state index contributed by atoms with van der Waals surface area (Å²) in [6.07, 6.45) is 10.6. The van der Waals surface area contributed by atoms with E-state index in [2.05, 4.69) is 20.4 Å². The van der Waals surface area contributed by atoms with Crippen LogP contribution in [0.2, 0.25) is 0 Å². The summed E-state index contributed by atoms with van der Waals surface area (Å²) in [5.41, 5.74) is 2.54. The maximum atomic E-state index is 10.5. The van der Waals surface area contributed by atoms with Crippen molar-refractivity contribution in [2.24, 2.45) is 9.98 Å². The summed E-state index contributed by atoms with van der Waals surface area (Å²) in [5.74, 6) is 1.32. The van der Waals surface area contributed by atoms with E-state index in [9.17, 15) is 5.11 Å². The Morgan fingerprint density at radius 3 is 3.10 bits per heavy atom. The first-order valence-corrected chi connectivity index (χ1v) is 9.34. The van der Waals surface area contributed by atoms with Crippen LogP contribution in [-0.2, 0) is 11.3 Å². The quantitative estimate of drug-likeness (QED) is 0.653. The Kier molecular flexibility index (Phi) is 4.32. The largest absolute Gasteiger partial charge is 0.506 e. The zero-order valence-electron chi connectivity index (χ0n) is 15.6. The molecule has 1 aliphatic heterocycles. The van der Waals surface area contributed by atoms with Gasteiger partial charge in [-0.25, -0.2) is 14.5 Å². The van der Waals surface area contributed by atoms with Gasteiger partial charge >= 0.3 is 0 Å². The summed E-state index contributed by atoms with van der Waals surface area (Å²) in [6.45, 7) is 2.50. The van der Waals surface area contributed by atoms with Crippen molar-refractivity contribution in [2.75, 3.05) is 25.0 Å². The monoisotopic (exact) mass is 389 g/mol. The highest BCUT2D eigenvalue weighted by Gasteiger charge is 2.22. The van der Waals surface area contributed by atoms with Crippen molar-refractivity contribution in [3.05, 3.63) is 66.8 Å². The number of nitrogens with zero attached hydrogens (tertiary/aromatic N) is 6. The molecule has 3 aromatic heterocycles. The molecule has 1 aliphatic carbocycles. The molecule has 9 heteroatoms. The lowest BCUT2D eigenvalue weighted by Gasteiger charge is -2.19. The fourth-order valence-electron chi connectivity index (χ4n) is 3.25. The van der Waals surface area contributed by atoms with E-state index in [1.165, 1.54) is 0 Å². The van der Waals surface area contributed by atoms with Gasteiger partial charge in [0.15, 0.2) is 5.82 Å². The predicted octanol–water partition coefficient (Wildman–Crippen LogP) is 2.53. The Labute approximate surface area is 166 Å². The van der Waals surface area contributed by atoms with Crippen LogP contribution in [0, 0.1) is 0 Å². The molecule has 0 radical (unpaired) electrons. The van der Waals surface area contributed by atoms with Gasteiger partial charge in [0.25, 0.3) is 0 Å². The number of aromatic nitrogens is 4. The second kappa shape index (κ2) is 7.27. The molecule has 0 unspecified atom stereocenters. The Morgan fingerprint density at radius 1 is 1.24 bits per heavy atom. The average Bonchev–Trinajstić information content (AvgIpc) is 3.37. The molecule has 3 aromatic rings. The van der Waals surface area contributed by atoms with E-state index in [0.29, 0.717) is 48.4 Å². The van der Waals surface area contributed by atoms with Crippen LogP contribution in [-0.4, -0.2) is 55.4 Å². The second-order valence-electron chi connectivity index (χ2n) is 6.61. The highest BCUT2D eigenvalue weighted by molar-refractivity contribution is 6.22. The first kappa shape index (κ1) is 17.2. The van der Waals surface area contributed by atoms with Gasteiger partial charge in [0.2, 0.25) is 0 Å². The third kappa shape index (κ3) is 3.38. The number of fused-ring (bicyclic) bond motifs is 2. The maximum absolute atomic E-state index is 10.5. The minimum Gasteiger partial charge on any atom is -0.506 e. The molecule has 0 fully saturated rings. The molecular formula is C20H19N7O2. The molecule has 2 N–H and O–H groups in total. The number of hydrogen-bond donors (Lipinski definition) is 2. The number of aliphatic hydroxyl groups excluding tert-OH is 1. The topological polar surface area (TPSA) is 101 Å². The van der Waals surface area contributed by atoms with E-state index in [1.54, 1.807) is 29.2 Å². The van der Waals surface area contributed by atoms with Gasteiger partial charge in [-0.15, -0.1) is 5.10 Å². The molecule has 9 nitrogen and oxygen atoms in total. The van der Waals surface area contributed by atoms with Gasteiger partial charge < -0.3 is 19.7 Å². The highest BCUT2D eigenvalue weighted by Crippen LogP contribution is 2.31. The van der Waals surface area contributed by atoms with Crippen LogP contribution < -0.4 is 5.32 Å². The average molecular weight is 389 g/mol. The van der Waals surface area contributed by atoms with Crippen LogP contribution in [0.3, 0.4) is 0 Å². The molecular weight excluding hydrogens is 370 g/mol. The zero-order valence-corrected chi connectivity index (χ0v) is 15.6. The van der Waals surface area contributed by atoms with Crippen LogP contribution >= 0.6 is 0 Å². The molecule has 0 spiro atoms. The molecule has 29 heavy (non-hydrogen) atoms. The molecule has 0 amide bonds. The molecule has 0 saturated heterocycles. The Balaban J connectivity index is 1.50. The summed E-state index contributed by atoms with van der Waals surface area (Å²) in [7, 11) is 0. The van der Waals surface area contributed by atoms with Crippen molar-refractivity contribution in [3.63, 3.8) is 0 Å². The molecule has 0 saturated carbocycles. The standard InChI is InChI=1S/C20H19N7O2/c28-17-11-15-18(29-10-6-22-15)12-14(17)24-19-16-3-1-2-7-27(16)25-20(19)23-5-9-26-8-4-21-13-26/h1-4,7-8,11-13,28H,5-6,9-10H2,(H,23,25)/b24-14+. The SMILES string of the molecule is OC1=CC2=NCCOC2=C/C1=N\c1c(NCCn2ccnc2)nn2ccccc12. The molecule has 4 heterocycles. The van der Waals surface area contributed by atoms with E-state index >= 15 is 0 Å². The van der Waals surface area contributed by atoms with E-state index in [-0.39, 0.29) is 5.76 Å². The van der Waals surface area contributed by atoms with Gasteiger partial charge in [-0.2, -0.15) is 0 Å². The number of aliphatic imine (C=N–C) groups is 2. The summed E-state index contributed by atoms with van der Waals surface area (Å²) in [4.78, 5) is 13.1. The minimum atomic E-state index is 0.0534. The molecule has 0 bridgehead atoms. The van der Waals surface area contributed by atoms with Gasteiger partial charge in [-0.3, -0.25) is 4.99 Å². The zero-order chi connectivity index (χ0) is 19.6. The number of nitrogens with one attached hydrogen (secondary N) is 1. The normalized spacial score (nSPS) is 17.4. The number of hydrogen-bond acceptors (Lipinski definition) is 7. The lowest BCUT2D eigenvalue weighted by atomic mass is 10.1. The maximum Gasteiger partial charge on any atom is 0.175 e. The number of aliphatic hydroxyl groups is 1. The predicted molar refractivity (Wildman–Crippen MR) is 110 cm³/mol. The number of allylic oxidation sites excluding steroid dienone is 2. The van der Waals surface area contributed by atoms with Crippen LogP contribution in [0.25, 0.3) is 5.52 Å². The van der Waals surface area contributed by atoms with Crippen LogP contribution in [0.4, 0.5) is 11.5 Å². The fraction of sp³-hybridized carbons (Fsp3) is 0.200. The number of imidazole rings is 1. The van der Waals surface area contributed by atoms with Gasteiger partial charge in [0.1, 0.15) is 35.2 Å². The molecule has 5 rings (SSSR count). The summed E-state index contributed by atoms with van der Waals surface area (Å²) < 4.78 is 9.40. The van der Waals surface area contributed by atoms with Crippen LogP contribution in [0.15, 0.2) is 76.8 Å². The summed E-state index contributed by atoms with van der Waals surface area (Å²) in [6, 6.07) is 5.78. The number of pyridine rings is 1. The fourth-order valence-corrected chi connectivity index (χ4v) is 3.25. The van der Waals surface area contributed by atoms with Crippen molar-refractivity contribution in [2.45, 2.75) is 6.54 Å². The van der Waals surface area contributed by atoms with Crippen molar-refractivity contribution < 1.29 is 9.84 Å². The first-order chi connectivity index (χ1) is 14.3. The van der Waals surface area contributed by atoms with E-state index < -0.39 is 0 Å². The Bertz CT molecular complexity index is 1170. The van der Waals surface area contributed by atoms with Crippen molar-refractivity contribution in [1.29, 1.82) is 0 Å². The number of anilines is 1. The third-order valence-corrected chi connectivity index (χ3v) is 4.65. The second-order valence-corrected chi connectivity index (χ2v) is 6.61. The van der Waals surface area contributed by atoms with E-state index in [0.717, 1.165) is 12.1 Å². The molecule has 146 valence electrons. The minimum absolute atomic E-state index is 0.0534. The first-order valence-electron chi connectivity index (χ1n) is 9.34. The number of ether oxygens (including phenoxy) is 1. The van der Waals surface area contributed by atoms with Gasteiger partial charge in [-0.1, -0.05) is 6.07 Å².